The third-order valence-corrected chi connectivity index (χ3v) is 4.43. The van der Waals surface area contributed by atoms with Crippen molar-refractivity contribution in [1.29, 1.82) is 0 Å². The first-order chi connectivity index (χ1) is 12.5. The van der Waals surface area contributed by atoms with Crippen LogP contribution in [0.4, 0.5) is 0 Å². The molecule has 0 saturated carbocycles. The molecule has 3 aromatic rings. The summed E-state index contributed by atoms with van der Waals surface area (Å²) in [7, 11) is 0. The normalized spacial score (nSPS) is 10.7. The molecule has 5 nitrogen and oxygen atoms in total. The zero-order valence-electron chi connectivity index (χ0n) is 15.4. The second-order valence-corrected chi connectivity index (χ2v) is 6.57. The van der Waals surface area contributed by atoms with Gasteiger partial charge in [0.2, 0.25) is 17.6 Å². The molecule has 0 aliphatic carbocycles. The molecule has 0 aliphatic rings. The van der Waals surface area contributed by atoms with Crippen LogP contribution in [0.5, 0.6) is 0 Å². The number of amides is 1. The maximum Gasteiger partial charge on any atom is 0.246 e. The van der Waals surface area contributed by atoms with E-state index in [1.54, 1.807) is 0 Å². The molecule has 0 aliphatic heterocycles. The number of aromatic nitrogens is 2. The maximum absolute atomic E-state index is 12.1. The highest BCUT2D eigenvalue weighted by Crippen LogP contribution is 2.16. The summed E-state index contributed by atoms with van der Waals surface area (Å²) in [6, 6.07) is 14.2. The van der Waals surface area contributed by atoms with Crippen molar-refractivity contribution in [2.75, 3.05) is 0 Å². The fraction of sp³-hybridized carbons (Fsp3) is 0.286. The number of carbonyl (C=O) groups excluding carboxylic acids is 1. The molecule has 0 unspecified atom stereocenters. The van der Waals surface area contributed by atoms with Gasteiger partial charge in [-0.15, -0.1) is 0 Å². The van der Waals surface area contributed by atoms with Crippen molar-refractivity contribution in [2.24, 2.45) is 0 Å². The third-order valence-electron chi connectivity index (χ3n) is 4.43. The Bertz CT molecular complexity index is 898. The molecule has 0 spiro atoms. The Labute approximate surface area is 153 Å². The van der Waals surface area contributed by atoms with Crippen LogP contribution in [0.25, 0.3) is 11.4 Å². The van der Waals surface area contributed by atoms with Crippen molar-refractivity contribution < 1.29 is 9.32 Å². The molecule has 0 saturated heterocycles. The summed E-state index contributed by atoms with van der Waals surface area (Å²) in [5, 5.41) is 6.80. The largest absolute Gasteiger partial charge is 0.347 e. The molecule has 3 rings (SSSR count). The first-order valence-electron chi connectivity index (χ1n) is 8.74. The predicted octanol–water partition coefficient (Wildman–Crippen LogP) is 3.91. The maximum atomic E-state index is 12.1. The summed E-state index contributed by atoms with van der Waals surface area (Å²) < 4.78 is 5.22. The summed E-state index contributed by atoms with van der Waals surface area (Å²) in [4.78, 5) is 16.4. The Kier molecular flexibility index (Phi) is 5.46. The van der Waals surface area contributed by atoms with Gasteiger partial charge in [-0.05, 0) is 43.9 Å². The molecule has 5 heteroatoms. The van der Waals surface area contributed by atoms with Gasteiger partial charge in [0.1, 0.15) is 0 Å². The molecule has 1 aromatic heterocycles. The zero-order valence-corrected chi connectivity index (χ0v) is 15.4. The molecular weight excluding hydrogens is 326 g/mol. The van der Waals surface area contributed by atoms with E-state index in [-0.39, 0.29) is 12.5 Å². The number of carbonyl (C=O) groups is 1. The molecule has 1 amide bonds. The van der Waals surface area contributed by atoms with Gasteiger partial charge in [-0.3, -0.25) is 4.79 Å². The van der Waals surface area contributed by atoms with Crippen LogP contribution in [0.15, 0.2) is 47.0 Å². The standard InChI is InChI=1S/C21H23N3O2/c1-14-4-9-18(10-5-14)21-23-20(26-24-21)13-22-19(25)11-8-17-7-6-15(2)16(3)12-17/h4-7,9-10,12H,8,11,13H2,1-3H3,(H,22,25). The van der Waals surface area contributed by atoms with Crippen LogP contribution in [-0.4, -0.2) is 16.0 Å². The van der Waals surface area contributed by atoms with Gasteiger partial charge in [0.05, 0.1) is 6.54 Å². The average Bonchev–Trinajstić information content (AvgIpc) is 3.10. The van der Waals surface area contributed by atoms with Crippen molar-refractivity contribution >= 4 is 5.91 Å². The highest BCUT2D eigenvalue weighted by Gasteiger charge is 2.10. The van der Waals surface area contributed by atoms with E-state index in [9.17, 15) is 4.79 Å². The van der Waals surface area contributed by atoms with Gasteiger partial charge in [0.15, 0.2) is 0 Å². The van der Waals surface area contributed by atoms with E-state index in [1.165, 1.54) is 22.3 Å². The molecule has 2 aromatic carbocycles. The van der Waals surface area contributed by atoms with Gasteiger partial charge in [-0.1, -0.05) is 53.2 Å². The first kappa shape index (κ1) is 17.9. The predicted molar refractivity (Wildman–Crippen MR) is 101 cm³/mol. The second-order valence-electron chi connectivity index (χ2n) is 6.57. The van der Waals surface area contributed by atoms with E-state index in [2.05, 4.69) is 47.5 Å². The van der Waals surface area contributed by atoms with Crippen LogP contribution in [-0.2, 0) is 17.8 Å². The van der Waals surface area contributed by atoms with Gasteiger partial charge in [-0.2, -0.15) is 4.98 Å². The molecule has 26 heavy (non-hydrogen) atoms. The van der Waals surface area contributed by atoms with Crippen LogP contribution >= 0.6 is 0 Å². The van der Waals surface area contributed by atoms with Crippen LogP contribution in [0.1, 0.15) is 34.6 Å². The van der Waals surface area contributed by atoms with E-state index in [1.807, 2.05) is 31.2 Å². The lowest BCUT2D eigenvalue weighted by molar-refractivity contribution is -0.121. The summed E-state index contributed by atoms with van der Waals surface area (Å²) in [5.41, 5.74) is 5.75. The number of benzene rings is 2. The van der Waals surface area contributed by atoms with Crippen LogP contribution in [0, 0.1) is 20.8 Å². The van der Waals surface area contributed by atoms with Crippen molar-refractivity contribution in [3.8, 4) is 11.4 Å². The zero-order chi connectivity index (χ0) is 18.5. The topological polar surface area (TPSA) is 68.0 Å². The van der Waals surface area contributed by atoms with Gasteiger partial charge < -0.3 is 9.84 Å². The number of hydrogen-bond acceptors (Lipinski definition) is 4. The Morgan fingerprint density at radius 3 is 2.54 bits per heavy atom. The summed E-state index contributed by atoms with van der Waals surface area (Å²) in [5.74, 6) is 0.905. The number of rotatable bonds is 6. The summed E-state index contributed by atoms with van der Waals surface area (Å²) >= 11 is 0. The number of nitrogens with one attached hydrogen (secondary N) is 1. The minimum Gasteiger partial charge on any atom is -0.347 e. The lowest BCUT2D eigenvalue weighted by Crippen LogP contribution is -2.23. The quantitative estimate of drug-likeness (QED) is 0.732. The minimum atomic E-state index is -0.0293. The molecule has 1 N–H and O–H groups in total. The van der Waals surface area contributed by atoms with E-state index in [4.69, 9.17) is 4.52 Å². The fourth-order valence-electron chi connectivity index (χ4n) is 2.63. The van der Waals surface area contributed by atoms with E-state index < -0.39 is 0 Å². The third kappa shape index (κ3) is 4.57. The molecule has 0 bridgehead atoms. The Morgan fingerprint density at radius 1 is 1.04 bits per heavy atom. The van der Waals surface area contributed by atoms with Gasteiger partial charge >= 0.3 is 0 Å². The highest BCUT2D eigenvalue weighted by atomic mass is 16.5. The van der Waals surface area contributed by atoms with Crippen LogP contribution < -0.4 is 5.32 Å². The Hall–Kier alpha value is -2.95. The van der Waals surface area contributed by atoms with E-state index >= 15 is 0 Å². The number of aryl methyl sites for hydroxylation is 4. The fourth-order valence-corrected chi connectivity index (χ4v) is 2.63. The van der Waals surface area contributed by atoms with Crippen LogP contribution in [0.2, 0.25) is 0 Å². The summed E-state index contributed by atoms with van der Waals surface area (Å²) in [6.45, 7) is 6.44. The molecule has 0 fully saturated rings. The molecular formula is C21H23N3O2. The summed E-state index contributed by atoms with van der Waals surface area (Å²) in [6.07, 6.45) is 1.15. The van der Waals surface area contributed by atoms with Gasteiger partial charge in [0, 0.05) is 12.0 Å². The lowest BCUT2D eigenvalue weighted by atomic mass is 10.0. The van der Waals surface area contributed by atoms with Crippen molar-refractivity contribution in [3.05, 3.63) is 70.6 Å². The smallest absolute Gasteiger partial charge is 0.246 e. The monoisotopic (exact) mass is 349 g/mol. The average molecular weight is 349 g/mol. The Morgan fingerprint density at radius 2 is 1.81 bits per heavy atom. The van der Waals surface area contributed by atoms with Crippen LogP contribution in [0.3, 0.4) is 0 Å². The second kappa shape index (κ2) is 7.95. The minimum absolute atomic E-state index is 0.0293. The van der Waals surface area contributed by atoms with Crippen molar-refractivity contribution in [1.82, 2.24) is 15.5 Å². The number of nitrogens with zero attached hydrogens (tertiary/aromatic N) is 2. The SMILES string of the molecule is Cc1ccc(-c2noc(CNC(=O)CCc3ccc(C)c(C)c3)n2)cc1. The van der Waals surface area contributed by atoms with Gasteiger partial charge in [-0.25, -0.2) is 0 Å². The number of hydrogen-bond donors (Lipinski definition) is 1. The van der Waals surface area contributed by atoms with Crippen molar-refractivity contribution in [2.45, 2.75) is 40.2 Å². The van der Waals surface area contributed by atoms with Gasteiger partial charge in [0.25, 0.3) is 0 Å². The molecule has 134 valence electrons. The molecule has 0 atom stereocenters. The van der Waals surface area contributed by atoms with E-state index in [0.29, 0.717) is 24.6 Å². The molecule has 0 radical (unpaired) electrons. The molecule has 1 heterocycles. The lowest BCUT2D eigenvalue weighted by Gasteiger charge is -2.05. The Balaban J connectivity index is 1.50. The van der Waals surface area contributed by atoms with E-state index in [0.717, 1.165) is 5.56 Å². The highest BCUT2D eigenvalue weighted by molar-refractivity contribution is 5.76. The van der Waals surface area contributed by atoms with Crippen molar-refractivity contribution in [3.63, 3.8) is 0 Å². The first-order valence-corrected chi connectivity index (χ1v) is 8.74.